The van der Waals surface area contributed by atoms with Crippen molar-refractivity contribution in [2.45, 2.75) is 12.6 Å². The zero-order valence-corrected chi connectivity index (χ0v) is 11.6. The molecule has 2 aromatic rings. The number of rotatable bonds is 5. The van der Waals surface area contributed by atoms with Gasteiger partial charge in [-0.1, -0.05) is 30.3 Å². The Morgan fingerprint density at radius 1 is 1.20 bits per heavy atom. The van der Waals surface area contributed by atoms with E-state index < -0.39 is 0 Å². The fourth-order valence-electron chi connectivity index (χ4n) is 2.24. The molecule has 0 amide bonds. The van der Waals surface area contributed by atoms with Gasteiger partial charge in [-0.15, -0.1) is 0 Å². The summed E-state index contributed by atoms with van der Waals surface area (Å²) in [4.78, 5) is 11.1. The average molecular weight is 269 g/mol. The van der Waals surface area contributed by atoms with Crippen LogP contribution < -0.4 is 15.5 Å². The van der Waals surface area contributed by atoms with Gasteiger partial charge in [0.2, 0.25) is 5.95 Å². The predicted molar refractivity (Wildman–Crippen MR) is 80.9 cm³/mol. The van der Waals surface area contributed by atoms with Crippen molar-refractivity contribution in [2.24, 2.45) is 0 Å². The minimum Gasteiger partial charge on any atom is -0.353 e. The summed E-state index contributed by atoms with van der Waals surface area (Å²) in [6.45, 7) is 2.75. The van der Waals surface area contributed by atoms with E-state index in [0.29, 0.717) is 12.0 Å². The van der Waals surface area contributed by atoms with E-state index in [9.17, 15) is 0 Å². The molecule has 0 saturated carbocycles. The molecule has 20 heavy (non-hydrogen) atoms. The normalized spacial score (nSPS) is 14.9. The van der Waals surface area contributed by atoms with E-state index in [2.05, 4.69) is 37.6 Å². The molecule has 2 N–H and O–H groups in total. The fraction of sp³-hybridized carbons (Fsp3) is 0.333. The highest BCUT2D eigenvalue weighted by Gasteiger charge is 2.26. The number of nitrogens with zero attached hydrogens (tertiary/aromatic N) is 3. The van der Waals surface area contributed by atoms with E-state index in [4.69, 9.17) is 0 Å². The van der Waals surface area contributed by atoms with Crippen molar-refractivity contribution in [3.8, 4) is 0 Å². The van der Waals surface area contributed by atoms with Gasteiger partial charge in [0.1, 0.15) is 5.82 Å². The second-order valence-corrected chi connectivity index (χ2v) is 4.97. The lowest BCUT2D eigenvalue weighted by Crippen LogP contribution is -2.57. The number of likely N-dealkylation sites (N-methyl/N-ethyl adjacent to an activating group) is 1. The average Bonchev–Trinajstić information content (AvgIpc) is 2.46. The van der Waals surface area contributed by atoms with Gasteiger partial charge in [0.15, 0.2) is 0 Å². The first-order valence-electron chi connectivity index (χ1n) is 6.88. The Bertz CT molecular complexity index is 551. The summed E-state index contributed by atoms with van der Waals surface area (Å²) in [5.41, 5.74) is 1.22. The van der Waals surface area contributed by atoms with Crippen LogP contribution in [-0.4, -0.2) is 36.1 Å². The molecule has 2 heterocycles. The molecule has 1 fully saturated rings. The number of hydrogen-bond acceptors (Lipinski definition) is 5. The molecule has 1 aromatic heterocycles. The maximum atomic E-state index is 4.55. The van der Waals surface area contributed by atoms with E-state index in [-0.39, 0.29) is 0 Å². The third-order valence-electron chi connectivity index (χ3n) is 3.55. The first-order valence-corrected chi connectivity index (χ1v) is 6.88. The minimum absolute atomic E-state index is 0.575. The molecule has 0 unspecified atom stereocenters. The first kappa shape index (κ1) is 12.9. The summed E-state index contributed by atoms with van der Waals surface area (Å²) < 4.78 is 0. The highest BCUT2D eigenvalue weighted by Crippen LogP contribution is 2.18. The van der Waals surface area contributed by atoms with Crippen LogP contribution in [0, 0.1) is 0 Å². The molecule has 5 heteroatoms. The standard InChI is InChI=1S/C15H19N5/c1-16-13-10-20(11-13)14-7-8-17-15(19-14)18-9-12-5-3-2-4-6-12/h2-8,13,16H,9-11H2,1H3,(H,17,18,19). The second-order valence-electron chi connectivity index (χ2n) is 4.97. The predicted octanol–water partition coefficient (Wildman–Crippen LogP) is 1.50. The van der Waals surface area contributed by atoms with Gasteiger partial charge in [-0.2, -0.15) is 4.98 Å². The van der Waals surface area contributed by atoms with Crippen LogP contribution in [0.25, 0.3) is 0 Å². The van der Waals surface area contributed by atoms with Crippen molar-refractivity contribution in [3.05, 3.63) is 48.2 Å². The maximum absolute atomic E-state index is 4.55. The summed E-state index contributed by atoms with van der Waals surface area (Å²) in [5, 5.41) is 6.53. The zero-order valence-electron chi connectivity index (χ0n) is 11.6. The summed E-state index contributed by atoms with van der Waals surface area (Å²) in [7, 11) is 1.99. The molecule has 0 bridgehead atoms. The Kier molecular flexibility index (Phi) is 3.78. The Hall–Kier alpha value is -2.14. The van der Waals surface area contributed by atoms with Gasteiger partial charge in [-0.25, -0.2) is 4.98 Å². The van der Waals surface area contributed by atoms with Gasteiger partial charge in [0, 0.05) is 31.9 Å². The molecular formula is C15H19N5. The van der Waals surface area contributed by atoms with Gasteiger partial charge < -0.3 is 15.5 Å². The van der Waals surface area contributed by atoms with Crippen LogP contribution in [-0.2, 0) is 6.54 Å². The number of aromatic nitrogens is 2. The molecule has 0 spiro atoms. The fourth-order valence-corrected chi connectivity index (χ4v) is 2.24. The highest BCUT2D eigenvalue weighted by molar-refractivity contribution is 5.45. The zero-order chi connectivity index (χ0) is 13.8. The molecule has 1 saturated heterocycles. The largest absolute Gasteiger partial charge is 0.353 e. The first-order chi connectivity index (χ1) is 9.85. The number of anilines is 2. The Morgan fingerprint density at radius 3 is 2.75 bits per heavy atom. The van der Waals surface area contributed by atoms with E-state index in [0.717, 1.165) is 25.5 Å². The summed E-state index contributed by atoms with van der Waals surface area (Å²) in [6.07, 6.45) is 1.81. The number of nitrogens with one attached hydrogen (secondary N) is 2. The van der Waals surface area contributed by atoms with Crippen LogP contribution in [0.1, 0.15) is 5.56 Å². The van der Waals surface area contributed by atoms with Gasteiger partial charge >= 0.3 is 0 Å². The maximum Gasteiger partial charge on any atom is 0.224 e. The Morgan fingerprint density at radius 2 is 2.00 bits per heavy atom. The van der Waals surface area contributed by atoms with Gasteiger partial charge in [0.25, 0.3) is 0 Å². The number of benzene rings is 1. The van der Waals surface area contributed by atoms with Gasteiger partial charge in [-0.3, -0.25) is 0 Å². The third-order valence-corrected chi connectivity index (χ3v) is 3.55. The van der Waals surface area contributed by atoms with Crippen molar-refractivity contribution in [1.82, 2.24) is 15.3 Å². The van der Waals surface area contributed by atoms with Crippen molar-refractivity contribution in [1.29, 1.82) is 0 Å². The Labute approximate surface area is 119 Å². The number of hydrogen-bond donors (Lipinski definition) is 2. The monoisotopic (exact) mass is 269 g/mol. The van der Waals surface area contributed by atoms with Crippen LogP contribution in [0.2, 0.25) is 0 Å². The van der Waals surface area contributed by atoms with Crippen LogP contribution in [0.15, 0.2) is 42.6 Å². The molecular weight excluding hydrogens is 250 g/mol. The molecule has 1 aliphatic heterocycles. The molecule has 0 atom stereocenters. The van der Waals surface area contributed by atoms with Crippen molar-refractivity contribution in [2.75, 3.05) is 30.4 Å². The molecule has 1 aromatic carbocycles. The van der Waals surface area contributed by atoms with E-state index in [1.165, 1.54) is 5.56 Å². The smallest absolute Gasteiger partial charge is 0.224 e. The lowest BCUT2D eigenvalue weighted by molar-refractivity contribution is 0.447. The van der Waals surface area contributed by atoms with Crippen LogP contribution in [0.3, 0.4) is 0 Å². The summed E-state index contributed by atoms with van der Waals surface area (Å²) in [5.74, 6) is 1.67. The van der Waals surface area contributed by atoms with Crippen LogP contribution in [0.5, 0.6) is 0 Å². The van der Waals surface area contributed by atoms with Crippen LogP contribution in [0.4, 0.5) is 11.8 Å². The van der Waals surface area contributed by atoms with E-state index in [1.54, 1.807) is 0 Å². The van der Waals surface area contributed by atoms with Gasteiger partial charge in [-0.05, 0) is 18.7 Å². The highest BCUT2D eigenvalue weighted by atomic mass is 15.3. The lowest BCUT2D eigenvalue weighted by Gasteiger charge is -2.39. The molecule has 104 valence electrons. The topological polar surface area (TPSA) is 53.1 Å². The molecule has 1 aliphatic rings. The van der Waals surface area contributed by atoms with E-state index >= 15 is 0 Å². The van der Waals surface area contributed by atoms with Crippen molar-refractivity contribution in [3.63, 3.8) is 0 Å². The third kappa shape index (κ3) is 2.88. The van der Waals surface area contributed by atoms with Gasteiger partial charge in [0.05, 0.1) is 0 Å². The quantitative estimate of drug-likeness (QED) is 0.861. The van der Waals surface area contributed by atoms with E-state index in [1.807, 2.05) is 37.5 Å². The Balaban J connectivity index is 1.60. The van der Waals surface area contributed by atoms with Crippen LogP contribution >= 0.6 is 0 Å². The second kappa shape index (κ2) is 5.88. The minimum atomic E-state index is 0.575. The van der Waals surface area contributed by atoms with Crippen molar-refractivity contribution < 1.29 is 0 Å². The SMILES string of the molecule is CNC1CN(c2ccnc(NCc3ccccc3)n2)C1. The molecule has 0 radical (unpaired) electrons. The molecule has 3 rings (SSSR count). The summed E-state index contributed by atoms with van der Waals surface area (Å²) >= 11 is 0. The molecule has 0 aliphatic carbocycles. The molecule has 5 nitrogen and oxygen atoms in total. The summed E-state index contributed by atoms with van der Waals surface area (Å²) in [6, 6.07) is 12.8. The van der Waals surface area contributed by atoms with Crippen molar-refractivity contribution >= 4 is 11.8 Å². The lowest BCUT2D eigenvalue weighted by atomic mass is 10.1.